The average molecular weight is 297 g/mol. The lowest BCUT2D eigenvalue weighted by Crippen LogP contribution is -2.26. The highest BCUT2D eigenvalue weighted by Gasteiger charge is 2.30. The van der Waals surface area contributed by atoms with Crippen LogP contribution in [0.1, 0.15) is 38.2 Å². The molecule has 5 rings (SSSR count). The van der Waals surface area contributed by atoms with E-state index in [0.29, 0.717) is 6.54 Å². The summed E-state index contributed by atoms with van der Waals surface area (Å²) in [5.41, 5.74) is 7.62. The van der Waals surface area contributed by atoms with E-state index in [1.165, 1.54) is 36.6 Å². The fourth-order valence-electron chi connectivity index (χ4n) is 3.90. The third kappa shape index (κ3) is 3.27. The van der Waals surface area contributed by atoms with E-state index < -0.39 is 0 Å². The molecule has 2 nitrogen and oxygen atoms in total. The number of benzene rings is 1. The van der Waals surface area contributed by atoms with Crippen molar-refractivity contribution in [3.05, 3.63) is 48.2 Å². The van der Waals surface area contributed by atoms with Gasteiger partial charge in [0.2, 0.25) is 0 Å². The van der Waals surface area contributed by atoms with E-state index >= 15 is 0 Å². The molecule has 1 heterocycles. The van der Waals surface area contributed by atoms with Crippen molar-refractivity contribution in [1.82, 2.24) is 0 Å². The average Bonchev–Trinajstić information content (AvgIpc) is 3.00. The zero-order valence-electron chi connectivity index (χ0n) is 13.5. The Hall–Kier alpha value is -1.54. The first-order valence-electron chi connectivity index (χ1n) is 8.65. The molecule has 0 aliphatic heterocycles. The first kappa shape index (κ1) is 15.4. The van der Waals surface area contributed by atoms with Crippen molar-refractivity contribution in [1.29, 1.82) is 0 Å². The second kappa shape index (κ2) is 7.15. The Morgan fingerprint density at radius 3 is 2.64 bits per heavy atom. The van der Waals surface area contributed by atoms with Crippen LogP contribution in [0.15, 0.2) is 47.1 Å². The Morgan fingerprint density at radius 1 is 1.18 bits per heavy atom. The van der Waals surface area contributed by atoms with Gasteiger partial charge < -0.3 is 10.2 Å². The van der Waals surface area contributed by atoms with E-state index in [4.69, 9.17) is 10.2 Å². The van der Waals surface area contributed by atoms with E-state index in [1.807, 2.05) is 18.2 Å². The summed E-state index contributed by atoms with van der Waals surface area (Å²) in [5.74, 6) is 2.94. The molecule has 1 aromatic carbocycles. The minimum Gasteiger partial charge on any atom is -0.464 e. The second-order valence-electron chi connectivity index (χ2n) is 6.59. The van der Waals surface area contributed by atoms with Gasteiger partial charge >= 0.3 is 0 Å². The molecule has 3 aliphatic carbocycles. The molecule has 118 valence electrons. The highest BCUT2D eigenvalue weighted by molar-refractivity contribution is 5.80. The number of nitrogens with two attached hydrogens (primary N) is 1. The molecule has 2 heteroatoms. The number of para-hydroxylation sites is 1. The normalized spacial score (nSPS) is 26.0. The molecule has 0 amide bonds. The van der Waals surface area contributed by atoms with Crippen molar-refractivity contribution >= 4 is 11.0 Å². The van der Waals surface area contributed by atoms with Crippen molar-refractivity contribution in [3.8, 4) is 0 Å². The number of allylic oxidation sites excluding steroid dienone is 2. The maximum Gasteiger partial charge on any atom is 0.134 e. The van der Waals surface area contributed by atoms with Crippen molar-refractivity contribution in [2.24, 2.45) is 23.5 Å². The Morgan fingerprint density at radius 2 is 2.05 bits per heavy atom. The lowest BCUT2D eigenvalue weighted by atomic mass is 9.68. The van der Waals surface area contributed by atoms with E-state index in [-0.39, 0.29) is 0 Å². The SMILES string of the molecule is CCC1CC2C=CC1CC2.NCCc1coc2ccccc12. The van der Waals surface area contributed by atoms with Crippen LogP contribution in [0.4, 0.5) is 0 Å². The summed E-state index contributed by atoms with van der Waals surface area (Å²) >= 11 is 0. The molecular weight excluding hydrogens is 270 g/mol. The van der Waals surface area contributed by atoms with Crippen LogP contribution in [-0.2, 0) is 6.42 Å². The van der Waals surface area contributed by atoms with E-state index in [0.717, 1.165) is 29.8 Å². The highest BCUT2D eigenvalue weighted by atomic mass is 16.3. The van der Waals surface area contributed by atoms with Gasteiger partial charge in [-0.25, -0.2) is 0 Å². The summed E-state index contributed by atoms with van der Waals surface area (Å²) in [5, 5.41) is 1.18. The van der Waals surface area contributed by atoms with Crippen LogP contribution in [0, 0.1) is 17.8 Å². The molecular formula is C20H27NO. The highest BCUT2D eigenvalue weighted by Crippen LogP contribution is 2.41. The van der Waals surface area contributed by atoms with Crippen LogP contribution in [0.5, 0.6) is 0 Å². The zero-order valence-corrected chi connectivity index (χ0v) is 13.5. The van der Waals surface area contributed by atoms with Crippen LogP contribution in [0.25, 0.3) is 11.0 Å². The van der Waals surface area contributed by atoms with E-state index in [2.05, 4.69) is 25.1 Å². The molecule has 0 radical (unpaired) electrons. The van der Waals surface area contributed by atoms with Gasteiger partial charge in [-0.15, -0.1) is 0 Å². The molecule has 2 N–H and O–H groups in total. The standard InChI is InChI=1S/C10H11NO.C10H16/c11-6-5-8-7-12-10-4-2-1-3-9(8)10;1-2-9-7-8-3-5-10(9)6-4-8/h1-4,7H,5-6,11H2;3,5,8-10H,2,4,6-7H2,1H3. The van der Waals surface area contributed by atoms with Gasteiger partial charge in [0.15, 0.2) is 0 Å². The van der Waals surface area contributed by atoms with Gasteiger partial charge in [-0.3, -0.25) is 0 Å². The first-order valence-corrected chi connectivity index (χ1v) is 8.65. The van der Waals surface area contributed by atoms with Crippen LogP contribution < -0.4 is 5.73 Å². The number of furan rings is 1. The molecule has 22 heavy (non-hydrogen) atoms. The van der Waals surface area contributed by atoms with Gasteiger partial charge in [0, 0.05) is 5.39 Å². The Bertz CT molecular complexity index is 627. The third-order valence-corrected chi connectivity index (χ3v) is 5.21. The summed E-state index contributed by atoms with van der Waals surface area (Å²) < 4.78 is 5.35. The topological polar surface area (TPSA) is 39.2 Å². The van der Waals surface area contributed by atoms with Gasteiger partial charge in [-0.2, -0.15) is 0 Å². The molecule has 2 bridgehead atoms. The van der Waals surface area contributed by atoms with Gasteiger partial charge in [0.05, 0.1) is 6.26 Å². The number of hydrogen-bond donors (Lipinski definition) is 1. The summed E-state index contributed by atoms with van der Waals surface area (Å²) in [7, 11) is 0. The number of rotatable bonds is 3. The maximum atomic E-state index is 5.47. The summed E-state index contributed by atoms with van der Waals surface area (Å²) in [4.78, 5) is 0. The lowest BCUT2D eigenvalue weighted by molar-refractivity contribution is 0.215. The van der Waals surface area contributed by atoms with Gasteiger partial charge in [-0.1, -0.05) is 43.7 Å². The van der Waals surface area contributed by atoms with Crippen LogP contribution in [0.3, 0.4) is 0 Å². The molecule has 1 saturated carbocycles. The fraction of sp³-hybridized carbons (Fsp3) is 0.500. The minimum atomic E-state index is 0.670. The number of hydrogen-bond acceptors (Lipinski definition) is 2. The summed E-state index contributed by atoms with van der Waals surface area (Å²) in [6.07, 6.45) is 13.4. The van der Waals surface area contributed by atoms with Crippen molar-refractivity contribution in [2.75, 3.05) is 6.54 Å². The van der Waals surface area contributed by atoms with Gasteiger partial charge in [-0.05, 0) is 61.6 Å². The van der Waals surface area contributed by atoms with Gasteiger partial charge in [0.25, 0.3) is 0 Å². The van der Waals surface area contributed by atoms with Crippen molar-refractivity contribution in [2.45, 2.75) is 39.0 Å². The Balaban J connectivity index is 0.000000133. The molecule has 3 unspecified atom stereocenters. The van der Waals surface area contributed by atoms with Crippen LogP contribution >= 0.6 is 0 Å². The second-order valence-corrected chi connectivity index (χ2v) is 6.59. The van der Waals surface area contributed by atoms with Gasteiger partial charge in [0.1, 0.15) is 5.58 Å². The number of fused-ring (bicyclic) bond motifs is 3. The monoisotopic (exact) mass is 297 g/mol. The molecule has 2 aromatic rings. The third-order valence-electron chi connectivity index (χ3n) is 5.21. The van der Waals surface area contributed by atoms with Crippen LogP contribution in [-0.4, -0.2) is 6.54 Å². The lowest BCUT2D eigenvalue weighted by Gasteiger charge is -2.37. The fourth-order valence-corrected chi connectivity index (χ4v) is 3.90. The molecule has 3 atom stereocenters. The first-order chi connectivity index (χ1) is 10.8. The van der Waals surface area contributed by atoms with Crippen molar-refractivity contribution in [3.63, 3.8) is 0 Å². The molecule has 0 saturated heterocycles. The summed E-state index contributed by atoms with van der Waals surface area (Å²) in [6, 6.07) is 8.01. The maximum absolute atomic E-state index is 5.47. The Labute approximate surface area is 133 Å². The smallest absolute Gasteiger partial charge is 0.134 e. The van der Waals surface area contributed by atoms with E-state index in [1.54, 1.807) is 6.26 Å². The predicted molar refractivity (Wildman–Crippen MR) is 92.7 cm³/mol. The zero-order chi connectivity index (χ0) is 15.4. The van der Waals surface area contributed by atoms with Crippen molar-refractivity contribution < 1.29 is 4.42 Å². The van der Waals surface area contributed by atoms with E-state index in [9.17, 15) is 0 Å². The Kier molecular flexibility index (Phi) is 4.99. The largest absolute Gasteiger partial charge is 0.464 e. The molecule has 3 aliphatic rings. The summed E-state index contributed by atoms with van der Waals surface area (Å²) in [6.45, 7) is 3.00. The predicted octanol–water partition coefficient (Wildman–Crippen LogP) is 4.93. The molecule has 1 fully saturated rings. The van der Waals surface area contributed by atoms with Crippen LogP contribution in [0.2, 0.25) is 0 Å². The molecule has 1 aromatic heterocycles. The molecule has 0 spiro atoms. The quantitative estimate of drug-likeness (QED) is 0.816. The minimum absolute atomic E-state index is 0.670.